The van der Waals surface area contributed by atoms with E-state index in [0.29, 0.717) is 32.0 Å². The molecule has 0 bridgehead atoms. The van der Waals surface area contributed by atoms with Gasteiger partial charge in [-0.25, -0.2) is 4.79 Å². The Hall–Kier alpha value is -1.77. The zero-order chi connectivity index (χ0) is 17.6. The van der Waals surface area contributed by atoms with E-state index in [1.165, 1.54) is 0 Å². The van der Waals surface area contributed by atoms with Crippen molar-refractivity contribution in [3.05, 3.63) is 29.8 Å². The van der Waals surface area contributed by atoms with Gasteiger partial charge in [-0.05, 0) is 17.7 Å². The predicted molar refractivity (Wildman–Crippen MR) is 97.1 cm³/mol. The summed E-state index contributed by atoms with van der Waals surface area (Å²) in [6, 6.07) is 6.32. The number of carboxylic acids is 1. The molecule has 0 aromatic heterocycles. The first-order valence-corrected chi connectivity index (χ1v) is 9.59. The number of thioether (sulfide) groups is 1. The van der Waals surface area contributed by atoms with Gasteiger partial charge in [0.15, 0.2) is 0 Å². The molecule has 0 saturated carbocycles. The van der Waals surface area contributed by atoms with Crippen LogP contribution in [0.15, 0.2) is 24.3 Å². The van der Waals surface area contributed by atoms with Crippen LogP contribution in [0.3, 0.4) is 0 Å². The number of benzene rings is 1. The van der Waals surface area contributed by atoms with Gasteiger partial charge in [-0.15, -0.1) is 0 Å². The van der Waals surface area contributed by atoms with Gasteiger partial charge in [0.2, 0.25) is 0 Å². The van der Waals surface area contributed by atoms with Gasteiger partial charge in [-0.2, -0.15) is 11.8 Å². The third-order valence-electron chi connectivity index (χ3n) is 4.42. The topological polar surface area (TPSA) is 82.1 Å². The highest BCUT2D eigenvalue weighted by Crippen LogP contribution is 2.25. The fourth-order valence-electron chi connectivity index (χ4n) is 3.06. The first kappa shape index (κ1) is 18.0. The van der Waals surface area contributed by atoms with E-state index in [4.69, 9.17) is 4.74 Å². The summed E-state index contributed by atoms with van der Waals surface area (Å²) in [5, 5.41) is 12.5. The highest BCUT2D eigenvalue weighted by molar-refractivity contribution is 7.99. The number of carbonyl (C=O) groups is 2. The van der Waals surface area contributed by atoms with E-state index in [1.807, 2.05) is 16.7 Å². The van der Waals surface area contributed by atoms with E-state index in [9.17, 15) is 14.7 Å². The maximum atomic E-state index is 12.2. The zero-order valence-corrected chi connectivity index (χ0v) is 14.8. The highest BCUT2D eigenvalue weighted by Gasteiger charge is 2.28. The molecular weight excluding hydrogens is 342 g/mol. The van der Waals surface area contributed by atoms with Gasteiger partial charge < -0.3 is 20.1 Å². The van der Waals surface area contributed by atoms with Crippen LogP contribution >= 0.6 is 11.8 Å². The average Bonchev–Trinajstić information content (AvgIpc) is 2.65. The molecular formula is C17H23N3O4S. The molecule has 136 valence electrons. The first-order chi connectivity index (χ1) is 12.1. The second-order valence-corrected chi connectivity index (χ2v) is 7.27. The van der Waals surface area contributed by atoms with Crippen LogP contribution in [-0.4, -0.2) is 77.8 Å². The smallest absolute Gasteiger partial charge is 0.325 e. The van der Waals surface area contributed by atoms with E-state index >= 15 is 0 Å². The Kier molecular flexibility index (Phi) is 6.17. The van der Waals surface area contributed by atoms with Gasteiger partial charge in [0, 0.05) is 43.4 Å². The lowest BCUT2D eigenvalue weighted by atomic mass is 10.0. The second kappa shape index (κ2) is 8.55. The molecule has 2 N–H and O–H groups in total. The molecule has 0 radical (unpaired) electrons. The summed E-state index contributed by atoms with van der Waals surface area (Å²) in [4.78, 5) is 27.6. The molecule has 2 fully saturated rings. The van der Waals surface area contributed by atoms with Crippen molar-refractivity contribution < 1.29 is 19.4 Å². The number of aliphatic carboxylic acids is 1. The number of amides is 2. The number of rotatable bonds is 4. The second-order valence-electron chi connectivity index (χ2n) is 6.04. The van der Waals surface area contributed by atoms with Crippen molar-refractivity contribution in [1.82, 2.24) is 9.80 Å². The molecule has 2 saturated heterocycles. The Bertz CT molecular complexity index is 598. The maximum absolute atomic E-state index is 12.2. The van der Waals surface area contributed by atoms with Crippen LogP contribution in [-0.2, 0) is 9.53 Å². The number of carboxylic acid groups (broad SMARTS) is 1. The molecule has 8 heteroatoms. The minimum atomic E-state index is -0.836. The van der Waals surface area contributed by atoms with Gasteiger partial charge in [-0.1, -0.05) is 12.1 Å². The molecule has 0 aliphatic carbocycles. The molecule has 2 aliphatic heterocycles. The molecule has 7 nitrogen and oxygen atoms in total. The van der Waals surface area contributed by atoms with Crippen molar-refractivity contribution >= 4 is 29.4 Å². The van der Waals surface area contributed by atoms with Crippen molar-refractivity contribution in [1.29, 1.82) is 0 Å². The van der Waals surface area contributed by atoms with Crippen LogP contribution in [0.1, 0.15) is 11.6 Å². The van der Waals surface area contributed by atoms with Crippen LogP contribution in [0.2, 0.25) is 0 Å². The molecule has 1 atom stereocenters. The number of nitrogens with one attached hydrogen (secondary N) is 1. The van der Waals surface area contributed by atoms with E-state index in [-0.39, 0.29) is 6.03 Å². The molecule has 1 aromatic rings. The number of anilines is 1. The Morgan fingerprint density at radius 2 is 1.72 bits per heavy atom. The average molecular weight is 365 g/mol. The van der Waals surface area contributed by atoms with Crippen LogP contribution in [0, 0.1) is 0 Å². The molecule has 0 spiro atoms. The van der Waals surface area contributed by atoms with Gasteiger partial charge in [-0.3, -0.25) is 9.69 Å². The van der Waals surface area contributed by atoms with Gasteiger partial charge in [0.25, 0.3) is 0 Å². The van der Waals surface area contributed by atoms with Crippen LogP contribution in [0.5, 0.6) is 0 Å². The van der Waals surface area contributed by atoms with Crippen molar-refractivity contribution in [2.24, 2.45) is 0 Å². The molecule has 0 unspecified atom stereocenters. The van der Waals surface area contributed by atoms with Crippen molar-refractivity contribution in [2.75, 3.05) is 56.2 Å². The van der Waals surface area contributed by atoms with Crippen molar-refractivity contribution in [3.8, 4) is 0 Å². The molecule has 25 heavy (non-hydrogen) atoms. The summed E-state index contributed by atoms with van der Waals surface area (Å²) in [5.41, 5.74) is 1.40. The quantitative estimate of drug-likeness (QED) is 0.846. The largest absolute Gasteiger partial charge is 0.480 e. The molecule has 1 aromatic carbocycles. The lowest BCUT2D eigenvalue weighted by molar-refractivity contribution is -0.143. The van der Waals surface area contributed by atoms with Crippen LogP contribution in [0.25, 0.3) is 0 Å². The fraction of sp³-hybridized carbons (Fsp3) is 0.529. The standard InChI is InChI=1S/C17H23N3O4S/c21-16(22)15(19-7-11-25-12-8-19)13-1-3-14(4-2-13)18-17(23)20-5-9-24-10-6-20/h1-4,15H,5-12H2,(H,18,23)(H,21,22)/t15-/m0/s1. The SMILES string of the molecule is O=C(O)[C@H](c1ccc(NC(=O)N2CCOCC2)cc1)N1CCSCC1. The molecule has 2 amide bonds. The number of urea groups is 1. The third-order valence-corrected chi connectivity index (χ3v) is 5.36. The number of carbonyl (C=O) groups excluding carboxylic acids is 1. The number of hydrogen-bond donors (Lipinski definition) is 2. The van der Waals surface area contributed by atoms with Gasteiger partial charge in [0.1, 0.15) is 6.04 Å². The first-order valence-electron chi connectivity index (χ1n) is 8.43. The maximum Gasteiger partial charge on any atom is 0.325 e. The molecule has 3 rings (SSSR count). The summed E-state index contributed by atoms with van der Waals surface area (Å²) in [5.74, 6) is 1.08. The normalized spacial score (nSPS) is 20.1. The van der Waals surface area contributed by atoms with E-state index in [2.05, 4.69) is 5.32 Å². The van der Waals surface area contributed by atoms with Gasteiger partial charge in [0.05, 0.1) is 13.2 Å². The van der Waals surface area contributed by atoms with Gasteiger partial charge >= 0.3 is 12.0 Å². The summed E-state index contributed by atoms with van der Waals surface area (Å²) in [6.07, 6.45) is 0. The Morgan fingerprint density at radius 3 is 2.32 bits per heavy atom. The number of hydrogen-bond acceptors (Lipinski definition) is 5. The number of ether oxygens (including phenoxy) is 1. The summed E-state index contributed by atoms with van der Waals surface area (Å²) < 4.78 is 5.24. The molecule has 2 heterocycles. The van der Waals surface area contributed by atoms with Crippen molar-refractivity contribution in [2.45, 2.75) is 6.04 Å². The molecule has 2 aliphatic rings. The Morgan fingerprint density at radius 1 is 1.08 bits per heavy atom. The third kappa shape index (κ3) is 4.65. The fourth-order valence-corrected chi connectivity index (χ4v) is 3.99. The predicted octanol–water partition coefficient (Wildman–Crippen LogP) is 1.73. The Balaban J connectivity index is 1.65. The lowest BCUT2D eigenvalue weighted by Gasteiger charge is -2.32. The number of nitrogens with zero attached hydrogens (tertiary/aromatic N) is 2. The van der Waals surface area contributed by atoms with Crippen LogP contribution < -0.4 is 5.32 Å². The van der Waals surface area contributed by atoms with Crippen LogP contribution in [0.4, 0.5) is 10.5 Å². The van der Waals surface area contributed by atoms with Crippen molar-refractivity contribution in [3.63, 3.8) is 0 Å². The van der Waals surface area contributed by atoms with E-state index in [1.54, 1.807) is 29.2 Å². The number of morpholine rings is 1. The summed E-state index contributed by atoms with van der Waals surface area (Å²) >= 11 is 1.85. The summed E-state index contributed by atoms with van der Waals surface area (Å²) in [6.45, 7) is 3.83. The van der Waals surface area contributed by atoms with E-state index < -0.39 is 12.0 Å². The van der Waals surface area contributed by atoms with E-state index in [0.717, 1.165) is 30.2 Å². The Labute approximate surface area is 151 Å². The summed E-state index contributed by atoms with van der Waals surface area (Å²) in [7, 11) is 0. The minimum Gasteiger partial charge on any atom is -0.480 e. The highest BCUT2D eigenvalue weighted by atomic mass is 32.2. The lowest BCUT2D eigenvalue weighted by Crippen LogP contribution is -2.43. The minimum absolute atomic E-state index is 0.154. The zero-order valence-electron chi connectivity index (χ0n) is 14.0. The monoisotopic (exact) mass is 365 g/mol.